The molecule has 1 fully saturated rings. The van der Waals surface area contributed by atoms with E-state index in [1.807, 2.05) is 6.92 Å². The highest BCUT2D eigenvalue weighted by Crippen LogP contribution is 2.02. The molecular formula is C3H7ClN2. The van der Waals surface area contributed by atoms with Crippen molar-refractivity contribution in [3.05, 3.63) is 0 Å². The van der Waals surface area contributed by atoms with Gasteiger partial charge in [0, 0.05) is 6.04 Å². The minimum atomic E-state index is 0.144. The summed E-state index contributed by atoms with van der Waals surface area (Å²) in [6.45, 7) is 2.02. The van der Waals surface area contributed by atoms with E-state index in [4.69, 9.17) is 11.6 Å². The lowest BCUT2D eigenvalue weighted by Crippen LogP contribution is -2.63. The normalized spacial score (nSPS) is 45.0. The lowest BCUT2D eigenvalue weighted by atomic mass is 10.3. The average molecular weight is 107 g/mol. The fourth-order valence-electron chi connectivity index (χ4n) is 0.313. The zero-order valence-corrected chi connectivity index (χ0v) is 4.29. The van der Waals surface area contributed by atoms with E-state index >= 15 is 0 Å². The fourth-order valence-corrected chi connectivity index (χ4v) is 0.439. The lowest BCUT2D eigenvalue weighted by molar-refractivity contribution is 0.285. The molecule has 0 amide bonds. The molecule has 0 aliphatic carbocycles. The first kappa shape index (κ1) is 4.37. The highest BCUT2D eigenvalue weighted by atomic mass is 35.5. The maximum Gasteiger partial charge on any atom is 0.111 e. The van der Waals surface area contributed by atoms with Crippen molar-refractivity contribution in [1.29, 1.82) is 0 Å². The molecule has 1 aliphatic heterocycles. The summed E-state index contributed by atoms with van der Waals surface area (Å²) >= 11 is 5.53. The smallest absolute Gasteiger partial charge is 0.111 e. The first-order valence-corrected chi connectivity index (χ1v) is 2.39. The van der Waals surface area contributed by atoms with Crippen LogP contribution < -0.4 is 10.9 Å². The molecule has 0 aromatic carbocycles. The molecule has 0 saturated carbocycles. The fraction of sp³-hybridized carbons (Fsp3) is 1.00. The first-order chi connectivity index (χ1) is 2.80. The predicted molar refractivity (Wildman–Crippen MR) is 25.4 cm³/mol. The zero-order chi connectivity index (χ0) is 4.57. The van der Waals surface area contributed by atoms with Gasteiger partial charge in [0.1, 0.15) is 5.50 Å². The summed E-state index contributed by atoms with van der Waals surface area (Å²) in [6.07, 6.45) is 0. The first-order valence-electron chi connectivity index (χ1n) is 1.96. The van der Waals surface area contributed by atoms with Crippen LogP contribution in [0.25, 0.3) is 0 Å². The molecule has 1 heterocycles. The lowest BCUT2D eigenvalue weighted by Gasteiger charge is -2.31. The maximum atomic E-state index is 5.53. The second-order valence-corrected chi connectivity index (χ2v) is 1.95. The molecule has 2 atom stereocenters. The van der Waals surface area contributed by atoms with Gasteiger partial charge in [0.15, 0.2) is 0 Å². The molecule has 0 bridgehead atoms. The molecule has 0 spiro atoms. The summed E-state index contributed by atoms with van der Waals surface area (Å²) in [4.78, 5) is 0. The highest BCUT2D eigenvalue weighted by Gasteiger charge is 2.21. The molecular weight excluding hydrogens is 99.5 g/mol. The topological polar surface area (TPSA) is 24.1 Å². The average Bonchev–Trinajstić information content (AvgIpc) is 1.61. The molecule has 1 unspecified atom stereocenters. The van der Waals surface area contributed by atoms with E-state index in [1.165, 1.54) is 0 Å². The quantitative estimate of drug-likeness (QED) is 0.337. The SMILES string of the molecule is CC1NN[C@H]1Cl. The number of alkyl halides is 1. The minimum absolute atomic E-state index is 0.144. The number of hydrogen-bond donors (Lipinski definition) is 2. The van der Waals surface area contributed by atoms with Crippen LogP contribution in [-0.2, 0) is 0 Å². The Morgan fingerprint density at radius 3 is 2.00 bits per heavy atom. The molecule has 0 aromatic heterocycles. The van der Waals surface area contributed by atoms with Gasteiger partial charge in [-0.05, 0) is 6.92 Å². The van der Waals surface area contributed by atoms with Crippen molar-refractivity contribution < 1.29 is 0 Å². The Labute approximate surface area is 41.8 Å². The van der Waals surface area contributed by atoms with Gasteiger partial charge in [-0.2, -0.15) is 0 Å². The van der Waals surface area contributed by atoms with Crippen molar-refractivity contribution in [2.45, 2.75) is 18.5 Å². The van der Waals surface area contributed by atoms with Crippen molar-refractivity contribution >= 4 is 11.6 Å². The zero-order valence-electron chi connectivity index (χ0n) is 3.53. The van der Waals surface area contributed by atoms with E-state index in [0.717, 1.165) is 0 Å². The Morgan fingerprint density at radius 1 is 1.50 bits per heavy atom. The molecule has 6 heavy (non-hydrogen) atoms. The highest BCUT2D eigenvalue weighted by molar-refractivity contribution is 6.21. The molecule has 2 N–H and O–H groups in total. The molecule has 0 radical (unpaired) electrons. The summed E-state index contributed by atoms with van der Waals surface area (Å²) in [5, 5.41) is 0. The van der Waals surface area contributed by atoms with Crippen LogP contribution in [0.15, 0.2) is 0 Å². The van der Waals surface area contributed by atoms with Gasteiger partial charge in [0.05, 0.1) is 0 Å². The van der Waals surface area contributed by atoms with Gasteiger partial charge < -0.3 is 0 Å². The third-order valence-corrected chi connectivity index (χ3v) is 1.37. The Balaban J connectivity index is 2.20. The van der Waals surface area contributed by atoms with Gasteiger partial charge in [-0.15, -0.1) is 11.6 Å². The minimum Gasteiger partial charge on any atom is -0.251 e. The molecule has 36 valence electrons. The Bertz CT molecular complexity index is 48.8. The summed E-state index contributed by atoms with van der Waals surface area (Å²) in [5.41, 5.74) is 5.79. The van der Waals surface area contributed by atoms with Crippen LogP contribution >= 0.6 is 11.6 Å². The molecule has 1 rings (SSSR count). The van der Waals surface area contributed by atoms with Gasteiger partial charge >= 0.3 is 0 Å². The van der Waals surface area contributed by atoms with Crippen LogP contribution in [0.1, 0.15) is 6.92 Å². The number of nitrogens with one attached hydrogen (secondary N) is 2. The van der Waals surface area contributed by atoms with Crippen LogP contribution in [0.5, 0.6) is 0 Å². The van der Waals surface area contributed by atoms with E-state index in [-0.39, 0.29) is 5.50 Å². The van der Waals surface area contributed by atoms with Gasteiger partial charge in [-0.25, -0.2) is 5.43 Å². The second kappa shape index (κ2) is 1.37. The van der Waals surface area contributed by atoms with Crippen LogP contribution in [0.4, 0.5) is 0 Å². The van der Waals surface area contributed by atoms with Gasteiger partial charge in [-0.3, -0.25) is 5.43 Å². The summed E-state index contributed by atoms with van der Waals surface area (Å²) in [6, 6.07) is 0.437. The molecule has 2 nitrogen and oxygen atoms in total. The monoisotopic (exact) mass is 106 g/mol. The summed E-state index contributed by atoms with van der Waals surface area (Å²) in [7, 11) is 0. The van der Waals surface area contributed by atoms with E-state index in [9.17, 15) is 0 Å². The Hall–Kier alpha value is 0.210. The van der Waals surface area contributed by atoms with Crippen LogP contribution in [0.2, 0.25) is 0 Å². The van der Waals surface area contributed by atoms with Crippen LogP contribution in [-0.4, -0.2) is 11.5 Å². The van der Waals surface area contributed by atoms with E-state index in [0.29, 0.717) is 6.04 Å². The van der Waals surface area contributed by atoms with Gasteiger partial charge in [0.25, 0.3) is 0 Å². The van der Waals surface area contributed by atoms with Gasteiger partial charge in [0.2, 0.25) is 0 Å². The van der Waals surface area contributed by atoms with Crippen molar-refractivity contribution in [3.8, 4) is 0 Å². The summed E-state index contributed by atoms with van der Waals surface area (Å²) in [5.74, 6) is 0. The number of rotatable bonds is 0. The molecule has 0 aromatic rings. The van der Waals surface area contributed by atoms with Crippen molar-refractivity contribution in [2.24, 2.45) is 0 Å². The molecule has 3 heteroatoms. The largest absolute Gasteiger partial charge is 0.251 e. The van der Waals surface area contributed by atoms with E-state index in [1.54, 1.807) is 0 Å². The predicted octanol–water partition coefficient (Wildman–Crippen LogP) is 0.0476. The van der Waals surface area contributed by atoms with Crippen molar-refractivity contribution in [3.63, 3.8) is 0 Å². The second-order valence-electron chi connectivity index (χ2n) is 1.48. The standard InChI is InChI=1S/C3H7ClN2/c1-2-3(4)6-5-2/h2-3,5-6H,1H3/t2?,3-/m1/s1. The van der Waals surface area contributed by atoms with Crippen molar-refractivity contribution in [2.75, 3.05) is 0 Å². The van der Waals surface area contributed by atoms with Gasteiger partial charge in [-0.1, -0.05) is 0 Å². The number of hydrogen-bond acceptors (Lipinski definition) is 2. The molecule has 1 aliphatic rings. The number of hydrazine groups is 1. The Kier molecular flexibility index (Phi) is 0.998. The van der Waals surface area contributed by atoms with E-state index in [2.05, 4.69) is 10.9 Å². The van der Waals surface area contributed by atoms with Crippen LogP contribution in [0, 0.1) is 0 Å². The van der Waals surface area contributed by atoms with Crippen molar-refractivity contribution in [1.82, 2.24) is 10.9 Å². The maximum absolute atomic E-state index is 5.53. The summed E-state index contributed by atoms with van der Waals surface area (Å²) < 4.78 is 0. The third kappa shape index (κ3) is 0.511. The Morgan fingerprint density at radius 2 is 2.00 bits per heavy atom. The number of halogens is 1. The van der Waals surface area contributed by atoms with E-state index < -0.39 is 0 Å². The molecule has 1 saturated heterocycles. The third-order valence-electron chi connectivity index (χ3n) is 0.888. The van der Waals surface area contributed by atoms with Crippen LogP contribution in [0.3, 0.4) is 0 Å².